The van der Waals surface area contributed by atoms with E-state index in [1.54, 1.807) is 0 Å². The lowest BCUT2D eigenvalue weighted by Gasteiger charge is -2.04. The summed E-state index contributed by atoms with van der Waals surface area (Å²) in [7, 11) is 0. The molecule has 2 nitrogen and oxygen atoms in total. The van der Waals surface area contributed by atoms with Crippen molar-refractivity contribution in [3.8, 4) is 0 Å². The van der Waals surface area contributed by atoms with Crippen LogP contribution in [0.3, 0.4) is 0 Å². The Morgan fingerprint density at radius 1 is 1.00 bits per heavy atom. The van der Waals surface area contributed by atoms with E-state index in [0.717, 1.165) is 13.0 Å². The fraction of sp³-hybridized carbons (Fsp3) is 0.182. The highest BCUT2D eigenvalue weighted by atomic mass is 19.2. The highest BCUT2D eigenvalue weighted by Gasteiger charge is 2.23. The van der Waals surface area contributed by atoms with Crippen LogP contribution in [0, 0.1) is 29.1 Å². The number of hydrogen-bond acceptors (Lipinski definition) is 2. The zero-order valence-corrected chi connectivity index (χ0v) is 9.07. The molecule has 1 aromatic rings. The Morgan fingerprint density at radius 2 is 1.44 bits per heavy atom. The Morgan fingerprint density at radius 3 is 1.89 bits per heavy atom. The number of carbonyl (C=O) groups is 1. The lowest BCUT2D eigenvalue weighted by atomic mass is 10.1. The highest BCUT2D eigenvalue weighted by molar-refractivity contribution is 5.66. The topological polar surface area (TPSA) is 26.3 Å². The summed E-state index contributed by atoms with van der Waals surface area (Å²) in [5.41, 5.74) is -1.08. The van der Waals surface area contributed by atoms with Crippen molar-refractivity contribution >= 4 is 12.0 Å². The van der Waals surface area contributed by atoms with Crippen LogP contribution in [-0.2, 0) is 9.53 Å². The summed E-state index contributed by atoms with van der Waals surface area (Å²) in [6.45, 7) is 0.765. The average Bonchev–Trinajstić information content (AvgIpc) is 2.32. The van der Waals surface area contributed by atoms with Gasteiger partial charge in [-0.2, -0.15) is 0 Å². The third kappa shape index (κ3) is 2.85. The third-order valence-electron chi connectivity index (χ3n) is 1.91. The molecule has 1 rings (SSSR count). The number of carbonyl (C=O) groups excluding carboxylic acids is 1. The van der Waals surface area contributed by atoms with Gasteiger partial charge in [-0.3, -0.25) is 4.79 Å². The van der Waals surface area contributed by atoms with Crippen LogP contribution >= 0.6 is 0 Å². The molecule has 1 aromatic carbocycles. The Kier molecular flexibility index (Phi) is 4.41. The minimum Gasteiger partial charge on any atom is -0.462 e. The second kappa shape index (κ2) is 5.61. The quantitative estimate of drug-likeness (QED) is 0.364. The molecule has 0 fully saturated rings. The first-order chi connectivity index (χ1) is 8.36. The van der Waals surface area contributed by atoms with E-state index in [-0.39, 0.29) is 6.61 Å². The van der Waals surface area contributed by atoms with E-state index >= 15 is 0 Å². The second-order valence-corrected chi connectivity index (χ2v) is 3.19. The van der Waals surface area contributed by atoms with Gasteiger partial charge in [0.1, 0.15) is 6.61 Å². The Balaban J connectivity index is 3.06. The van der Waals surface area contributed by atoms with Gasteiger partial charge in [-0.1, -0.05) is 0 Å². The third-order valence-corrected chi connectivity index (χ3v) is 1.91. The number of benzene rings is 1. The summed E-state index contributed by atoms with van der Waals surface area (Å²) < 4.78 is 68.8. The van der Waals surface area contributed by atoms with Gasteiger partial charge in [0.05, 0.1) is 5.56 Å². The summed E-state index contributed by atoms with van der Waals surface area (Å²) in [4.78, 5) is 10.4. The maximum Gasteiger partial charge on any atom is 0.302 e. The SMILES string of the molecule is CC(=O)OC/C=C/c1c(F)c(F)c(F)c(F)c1F. The molecule has 18 heavy (non-hydrogen) atoms. The van der Waals surface area contributed by atoms with Crippen molar-refractivity contribution in [2.24, 2.45) is 0 Å². The lowest BCUT2D eigenvalue weighted by molar-refractivity contribution is -0.139. The molecular formula is C11H7F5O2. The molecule has 0 unspecified atom stereocenters. The van der Waals surface area contributed by atoms with E-state index in [2.05, 4.69) is 4.74 Å². The molecule has 98 valence electrons. The highest BCUT2D eigenvalue weighted by Crippen LogP contribution is 2.23. The van der Waals surface area contributed by atoms with Crippen molar-refractivity contribution in [2.45, 2.75) is 6.92 Å². The molecule has 0 amide bonds. The summed E-state index contributed by atoms with van der Waals surface area (Å²) in [5, 5.41) is 0. The lowest BCUT2D eigenvalue weighted by Crippen LogP contribution is -2.04. The standard InChI is InChI=1S/C11H7F5O2/c1-5(17)18-4-2-3-6-7(12)9(14)11(16)10(15)8(6)13/h2-3H,4H2,1H3/b3-2+. The van der Waals surface area contributed by atoms with E-state index < -0.39 is 40.6 Å². The smallest absolute Gasteiger partial charge is 0.302 e. The Labute approximate surface area is 98.7 Å². The van der Waals surface area contributed by atoms with E-state index in [1.165, 1.54) is 0 Å². The molecule has 7 heteroatoms. The van der Waals surface area contributed by atoms with E-state index in [4.69, 9.17) is 0 Å². The van der Waals surface area contributed by atoms with E-state index in [0.29, 0.717) is 6.08 Å². The molecule has 0 radical (unpaired) electrons. The monoisotopic (exact) mass is 266 g/mol. The summed E-state index contributed by atoms with van der Waals surface area (Å²) in [6, 6.07) is 0. The summed E-state index contributed by atoms with van der Waals surface area (Å²) in [5.74, 6) is -10.8. The molecular weight excluding hydrogens is 259 g/mol. The van der Waals surface area contributed by atoms with Gasteiger partial charge in [-0.05, 0) is 12.2 Å². The molecule has 0 bridgehead atoms. The number of halogens is 5. The predicted molar refractivity (Wildman–Crippen MR) is 51.9 cm³/mol. The minimum atomic E-state index is -2.22. The maximum absolute atomic E-state index is 13.1. The van der Waals surface area contributed by atoms with Crippen molar-refractivity contribution in [3.63, 3.8) is 0 Å². The summed E-state index contributed by atoms with van der Waals surface area (Å²) in [6.07, 6.45) is 1.61. The van der Waals surface area contributed by atoms with Crippen LogP contribution in [0.2, 0.25) is 0 Å². The second-order valence-electron chi connectivity index (χ2n) is 3.19. The number of esters is 1. The minimum absolute atomic E-state index is 0.338. The zero-order chi connectivity index (χ0) is 13.9. The van der Waals surface area contributed by atoms with Gasteiger partial charge < -0.3 is 4.74 Å². The molecule has 0 heterocycles. The van der Waals surface area contributed by atoms with Crippen molar-refractivity contribution < 1.29 is 31.5 Å². The zero-order valence-electron chi connectivity index (χ0n) is 9.07. The maximum atomic E-state index is 13.1. The van der Waals surface area contributed by atoms with Crippen LogP contribution < -0.4 is 0 Å². The van der Waals surface area contributed by atoms with Gasteiger partial charge in [0.25, 0.3) is 0 Å². The molecule has 0 aliphatic heterocycles. The van der Waals surface area contributed by atoms with Crippen molar-refractivity contribution in [1.82, 2.24) is 0 Å². The molecule has 0 aliphatic rings. The number of rotatable bonds is 3. The van der Waals surface area contributed by atoms with Gasteiger partial charge in [0.2, 0.25) is 5.82 Å². The fourth-order valence-corrected chi connectivity index (χ4v) is 1.10. The number of ether oxygens (including phenoxy) is 1. The van der Waals surface area contributed by atoms with Gasteiger partial charge >= 0.3 is 5.97 Å². The molecule has 0 aliphatic carbocycles. The fourth-order valence-electron chi connectivity index (χ4n) is 1.10. The normalized spacial score (nSPS) is 11.0. The van der Waals surface area contributed by atoms with Crippen LogP contribution in [0.5, 0.6) is 0 Å². The molecule has 0 spiro atoms. The first-order valence-corrected chi connectivity index (χ1v) is 4.67. The van der Waals surface area contributed by atoms with Crippen molar-refractivity contribution in [2.75, 3.05) is 6.61 Å². The van der Waals surface area contributed by atoms with E-state index in [9.17, 15) is 26.7 Å². The Bertz CT molecular complexity index is 482. The molecule has 0 N–H and O–H groups in total. The van der Waals surface area contributed by atoms with Gasteiger partial charge in [0, 0.05) is 6.92 Å². The van der Waals surface area contributed by atoms with Gasteiger partial charge in [-0.15, -0.1) is 0 Å². The first-order valence-electron chi connectivity index (χ1n) is 4.67. The van der Waals surface area contributed by atoms with Crippen LogP contribution in [0.4, 0.5) is 22.0 Å². The molecule has 0 saturated heterocycles. The number of hydrogen-bond donors (Lipinski definition) is 0. The largest absolute Gasteiger partial charge is 0.462 e. The van der Waals surface area contributed by atoms with Crippen LogP contribution in [0.25, 0.3) is 6.08 Å². The van der Waals surface area contributed by atoms with Gasteiger partial charge in [-0.25, -0.2) is 22.0 Å². The van der Waals surface area contributed by atoms with Crippen molar-refractivity contribution in [3.05, 3.63) is 40.7 Å². The molecule has 0 saturated carbocycles. The van der Waals surface area contributed by atoms with E-state index in [1.807, 2.05) is 0 Å². The van der Waals surface area contributed by atoms with Crippen LogP contribution in [-0.4, -0.2) is 12.6 Å². The van der Waals surface area contributed by atoms with Crippen LogP contribution in [0.15, 0.2) is 6.08 Å². The Hall–Kier alpha value is -1.92. The van der Waals surface area contributed by atoms with Crippen molar-refractivity contribution in [1.29, 1.82) is 0 Å². The van der Waals surface area contributed by atoms with Gasteiger partial charge in [0.15, 0.2) is 23.3 Å². The predicted octanol–water partition coefficient (Wildman–Crippen LogP) is 2.96. The molecule has 0 atom stereocenters. The summed E-state index contributed by atoms with van der Waals surface area (Å²) >= 11 is 0. The average molecular weight is 266 g/mol. The van der Waals surface area contributed by atoms with Crippen LogP contribution in [0.1, 0.15) is 12.5 Å². The first kappa shape index (κ1) is 14.1. The molecule has 0 aromatic heterocycles.